The van der Waals surface area contributed by atoms with Crippen LogP contribution in [0.4, 0.5) is 17.1 Å². The van der Waals surface area contributed by atoms with Gasteiger partial charge in [-0.15, -0.1) is 0 Å². The van der Waals surface area contributed by atoms with Crippen LogP contribution in [0.3, 0.4) is 0 Å². The number of ether oxygens (including phenoxy) is 1. The van der Waals surface area contributed by atoms with Gasteiger partial charge in [0.15, 0.2) is 5.75 Å². The number of nitrogens with one attached hydrogen (secondary N) is 1. The Kier molecular flexibility index (Phi) is 4.44. The number of nitro groups is 1. The topological polar surface area (TPSA) is 64.4 Å². The molecule has 0 heterocycles. The SMILES string of the molecule is C=C1CCc2cc(Nc3cc(OC)c([N+](=O)[O-])cc3Cl)ccc2C1. The average Bonchev–Trinajstić information content (AvgIpc) is 2.56. The molecule has 0 saturated carbocycles. The van der Waals surface area contributed by atoms with E-state index in [2.05, 4.69) is 24.0 Å². The van der Waals surface area contributed by atoms with E-state index in [1.54, 1.807) is 6.07 Å². The van der Waals surface area contributed by atoms with Gasteiger partial charge >= 0.3 is 5.69 Å². The molecule has 24 heavy (non-hydrogen) atoms. The molecule has 0 spiro atoms. The zero-order chi connectivity index (χ0) is 17.3. The molecule has 1 aliphatic rings. The van der Waals surface area contributed by atoms with Crippen molar-refractivity contribution < 1.29 is 9.66 Å². The number of nitrogens with zero attached hydrogens (tertiary/aromatic N) is 1. The van der Waals surface area contributed by atoms with Crippen LogP contribution in [0.2, 0.25) is 5.02 Å². The van der Waals surface area contributed by atoms with Crippen LogP contribution in [-0.4, -0.2) is 12.0 Å². The molecule has 2 aromatic carbocycles. The van der Waals surface area contributed by atoms with Gasteiger partial charge in [-0.25, -0.2) is 0 Å². The first-order valence-corrected chi connectivity index (χ1v) is 7.93. The Hall–Kier alpha value is -2.53. The van der Waals surface area contributed by atoms with Gasteiger partial charge in [0.1, 0.15) is 0 Å². The molecule has 5 nitrogen and oxygen atoms in total. The van der Waals surface area contributed by atoms with Crippen molar-refractivity contribution in [1.82, 2.24) is 0 Å². The summed E-state index contributed by atoms with van der Waals surface area (Å²) in [6.45, 7) is 4.05. The molecule has 2 aromatic rings. The molecular weight excluding hydrogens is 328 g/mol. The van der Waals surface area contributed by atoms with Crippen LogP contribution in [0, 0.1) is 10.1 Å². The molecule has 0 amide bonds. The molecule has 3 rings (SSSR count). The van der Waals surface area contributed by atoms with E-state index < -0.39 is 4.92 Å². The van der Waals surface area contributed by atoms with Gasteiger partial charge in [0.25, 0.3) is 0 Å². The highest BCUT2D eigenvalue weighted by atomic mass is 35.5. The van der Waals surface area contributed by atoms with Gasteiger partial charge in [0.2, 0.25) is 0 Å². The number of aryl methyl sites for hydroxylation is 1. The molecule has 6 heteroatoms. The van der Waals surface area contributed by atoms with Gasteiger partial charge in [0, 0.05) is 17.8 Å². The van der Waals surface area contributed by atoms with E-state index in [4.69, 9.17) is 16.3 Å². The molecule has 124 valence electrons. The Balaban J connectivity index is 1.91. The molecule has 1 aliphatic carbocycles. The summed E-state index contributed by atoms with van der Waals surface area (Å²) in [4.78, 5) is 10.5. The maximum Gasteiger partial charge on any atom is 0.312 e. The minimum absolute atomic E-state index is 0.156. The lowest BCUT2D eigenvalue weighted by molar-refractivity contribution is -0.385. The third-order valence-electron chi connectivity index (χ3n) is 4.14. The largest absolute Gasteiger partial charge is 0.490 e. The average molecular weight is 345 g/mol. The summed E-state index contributed by atoms with van der Waals surface area (Å²) in [5.74, 6) is 0.168. The molecule has 1 N–H and O–H groups in total. The van der Waals surface area contributed by atoms with Crippen molar-refractivity contribution in [1.29, 1.82) is 0 Å². The van der Waals surface area contributed by atoms with E-state index in [0.717, 1.165) is 24.9 Å². The normalized spacial score (nSPS) is 13.3. The maximum atomic E-state index is 11.0. The van der Waals surface area contributed by atoms with Gasteiger partial charge in [0.05, 0.1) is 22.7 Å². The van der Waals surface area contributed by atoms with Crippen molar-refractivity contribution in [3.63, 3.8) is 0 Å². The fourth-order valence-corrected chi connectivity index (χ4v) is 3.08. The second-order valence-electron chi connectivity index (χ2n) is 5.80. The van der Waals surface area contributed by atoms with Crippen LogP contribution in [0.5, 0.6) is 5.75 Å². The lowest BCUT2D eigenvalue weighted by Crippen LogP contribution is -2.05. The summed E-state index contributed by atoms with van der Waals surface area (Å²) < 4.78 is 5.09. The highest BCUT2D eigenvalue weighted by molar-refractivity contribution is 6.33. The Morgan fingerprint density at radius 3 is 2.75 bits per heavy atom. The van der Waals surface area contributed by atoms with Crippen molar-refractivity contribution in [2.75, 3.05) is 12.4 Å². The highest BCUT2D eigenvalue weighted by Gasteiger charge is 2.19. The Bertz CT molecular complexity index is 833. The highest BCUT2D eigenvalue weighted by Crippen LogP contribution is 2.37. The predicted molar refractivity (Wildman–Crippen MR) is 95.5 cm³/mol. The van der Waals surface area contributed by atoms with Crippen molar-refractivity contribution >= 4 is 28.7 Å². The van der Waals surface area contributed by atoms with Crippen molar-refractivity contribution in [2.45, 2.75) is 19.3 Å². The molecule has 0 radical (unpaired) electrons. The van der Waals surface area contributed by atoms with Crippen LogP contribution in [0.1, 0.15) is 17.5 Å². The van der Waals surface area contributed by atoms with Gasteiger partial charge in [-0.2, -0.15) is 0 Å². The van der Waals surface area contributed by atoms with Gasteiger partial charge < -0.3 is 10.1 Å². The fraction of sp³-hybridized carbons (Fsp3) is 0.222. The molecule has 0 bridgehead atoms. The Morgan fingerprint density at radius 2 is 2.04 bits per heavy atom. The smallest absolute Gasteiger partial charge is 0.312 e. The standard InChI is InChI=1S/C18H17ClN2O3/c1-11-3-4-13-8-14(6-5-12(13)7-11)20-16-10-18(24-2)17(21(22)23)9-15(16)19/h5-6,8-10,20H,1,3-4,7H2,2H3. The number of hydrogen-bond donors (Lipinski definition) is 1. The van der Waals surface area contributed by atoms with E-state index in [1.807, 2.05) is 6.07 Å². The quantitative estimate of drug-likeness (QED) is 0.479. The van der Waals surface area contributed by atoms with Crippen LogP contribution in [0.15, 0.2) is 42.5 Å². The summed E-state index contributed by atoms with van der Waals surface area (Å²) in [7, 11) is 1.39. The van der Waals surface area contributed by atoms with Crippen LogP contribution < -0.4 is 10.1 Å². The second kappa shape index (κ2) is 6.53. The summed E-state index contributed by atoms with van der Waals surface area (Å²) in [5.41, 5.74) is 5.14. The number of allylic oxidation sites excluding steroid dienone is 1. The Labute approximate surface area is 145 Å². The van der Waals surface area contributed by atoms with E-state index in [9.17, 15) is 10.1 Å². The molecule has 0 aromatic heterocycles. The van der Waals surface area contributed by atoms with E-state index >= 15 is 0 Å². The third kappa shape index (κ3) is 3.21. The Morgan fingerprint density at radius 1 is 1.25 bits per heavy atom. The van der Waals surface area contributed by atoms with Crippen LogP contribution in [-0.2, 0) is 12.8 Å². The zero-order valence-electron chi connectivity index (χ0n) is 13.3. The van der Waals surface area contributed by atoms with Crippen molar-refractivity contribution in [3.05, 3.63) is 68.7 Å². The van der Waals surface area contributed by atoms with E-state index in [0.29, 0.717) is 5.69 Å². The minimum atomic E-state index is -0.514. The number of halogens is 1. The number of fused-ring (bicyclic) bond motifs is 1. The number of methoxy groups -OCH3 is 1. The molecule has 0 atom stereocenters. The lowest BCUT2D eigenvalue weighted by Gasteiger charge is -2.19. The molecule has 0 saturated heterocycles. The third-order valence-corrected chi connectivity index (χ3v) is 4.45. The monoisotopic (exact) mass is 344 g/mol. The molecular formula is C18H17ClN2O3. The van der Waals surface area contributed by atoms with Gasteiger partial charge in [-0.3, -0.25) is 10.1 Å². The zero-order valence-corrected chi connectivity index (χ0v) is 14.0. The number of hydrogen-bond acceptors (Lipinski definition) is 4. The number of anilines is 2. The lowest BCUT2D eigenvalue weighted by atomic mass is 9.88. The van der Waals surface area contributed by atoms with E-state index in [1.165, 1.54) is 29.9 Å². The number of rotatable bonds is 4. The summed E-state index contributed by atoms with van der Waals surface area (Å²) >= 11 is 6.18. The second-order valence-corrected chi connectivity index (χ2v) is 6.20. The number of benzene rings is 2. The molecule has 0 unspecified atom stereocenters. The maximum absolute atomic E-state index is 11.0. The molecule has 0 aliphatic heterocycles. The summed E-state index contributed by atoms with van der Waals surface area (Å²) in [6, 6.07) is 8.99. The van der Waals surface area contributed by atoms with Gasteiger partial charge in [-0.05, 0) is 42.5 Å². The van der Waals surface area contributed by atoms with Crippen LogP contribution >= 0.6 is 11.6 Å². The number of nitro benzene ring substituents is 1. The van der Waals surface area contributed by atoms with Gasteiger partial charge in [-0.1, -0.05) is 29.8 Å². The van der Waals surface area contributed by atoms with E-state index in [-0.39, 0.29) is 16.5 Å². The summed E-state index contributed by atoms with van der Waals surface area (Å²) in [6.07, 6.45) is 2.89. The first-order valence-electron chi connectivity index (χ1n) is 7.55. The first-order chi connectivity index (χ1) is 11.5. The van der Waals surface area contributed by atoms with Crippen LogP contribution in [0.25, 0.3) is 0 Å². The van der Waals surface area contributed by atoms with Crippen molar-refractivity contribution in [3.8, 4) is 5.75 Å². The summed E-state index contributed by atoms with van der Waals surface area (Å²) in [5, 5.41) is 14.5. The predicted octanol–water partition coefficient (Wildman–Crippen LogP) is 5.05. The van der Waals surface area contributed by atoms with Crippen molar-refractivity contribution in [2.24, 2.45) is 0 Å². The minimum Gasteiger partial charge on any atom is -0.490 e. The fourth-order valence-electron chi connectivity index (χ4n) is 2.88. The molecule has 0 fully saturated rings. The first kappa shape index (κ1) is 16.3.